The number of rotatable bonds is 4. The van der Waals surface area contributed by atoms with Crippen LogP contribution in [0.15, 0.2) is 35.6 Å². The molecule has 2 heterocycles. The van der Waals surface area contributed by atoms with E-state index in [0.29, 0.717) is 14.9 Å². The third-order valence-corrected chi connectivity index (χ3v) is 4.03. The molecule has 2 N–H and O–H groups in total. The van der Waals surface area contributed by atoms with Gasteiger partial charge in [0, 0.05) is 5.02 Å². The van der Waals surface area contributed by atoms with Gasteiger partial charge in [0.1, 0.15) is 0 Å². The van der Waals surface area contributed by atoms with Crippen molar-refractivity contribution in [2.24, 2.45) is 0 Å². The lowest BCUT2D eigenvalue weighted by molar-refractivity contribution is -0.143. The Balaban J connectivity index is 1.99. The lowest BCUT2D eigenvalue weighted by Gasteiger charge is -2.12. The van der Waals surface area contributed by atoms with Crippen molar-refractivity contribution >= 4 is 35.2 Å². The van der Waals surface area contributed by atoms with E-state index in [1.165, 1.54) is 36.0 Å². The lowest BCUT2D eigenvalue weighted by Crippen LogP contribution is -2.21. The summed E-state index contributed by atoms with van der Waals surface area (Å²) >= 11 is 6.97. The predicted octanol–water partition coefficient (Wildman–Crippen LogP) is 3.64. The zero-order valence-corrected chi connectivity index (χ0v) is 14.6. The highest BCUT2D eigenvalue weighted by Crippen LogP contribution is 2.34. The van der Waals surface area contributed by atoms with Crippen molar-refractivity contribution in [2.45, 2.75) is 11.3 Å². The Morgan fingerprint density at radius 1 is 1.31 bits per heavy atom. The second-order valence-corrected chi connectivity index (χ2v) is 6.13. The number of aromatic amines is 1. The molecule has 0 aliphatic carbocycles. The van der Waals surface area contributed by atoms with Gasteiger partial charge in [-0.15, -0.1) is 5.10 Å². The number of carbonyl (C=O) groups is 1. The van der Waals surface area contributed by atoms with Gasteiger partial charge in [-0.1, -0.05) is 23.4 Å². The van der Waals surface area contributed by atoms with E-state index in [-0.39, 0.29) is 11.6 Å². The molecule has 0 bridgehead atoms. The minimum Gasteiger partial charge on any atom is -0.291 e. The summed E-state index contributed by atoms with van der Waals surface area (Å²) in [5.74, 6) is -1.08. The molecule has 2 aromatic heterocycles. The number of aromatic nitrogens is 5. The van der Waals surface area contributed by atoms with Gasteiger partial charge in [0.15, 0.2) is 5.69 Å². The molecule has 3 aromatic rings. The van der Waals surface area contributed by atoms with E-state index < -0.39 is 23.3 Å². The van der Waals surface area contributed by atoms with Gasteiger partial charge in [-0.25, -0.2) is 9.78 Å². The molecule has 0 radical (unpaired) electrons. The fourth-order valence-electron chi connectivity index (χ4n) is 2.13. The van der Waals surface area contributed by atoms with Crippen LogP contribution in [0.4, 0.5) is 19.1 Å². The lowest BCUT2D eigenvalue weighted by atomic mass is 10.2. The number of H-pyrrole nitrogens is 1. The van der Waals surface area contributed by atoms with Crippen LogP contribution in [-0.4, -0.2) is 37.1 Å². The highest BCUT2D eigenvalue weighted by atomic mass is 35.5. The molecule has 0 unspecified atom stereocenters. The fraction of sp³-hybridized carbons (Fsp3) is 0.143. The van der Waals surface area contributed by atoms with E-state index >= 15 is 0 Å². The molecule has 3 rings (SSSR count). The minimum absolute atomic E-state index is 0.0632. The van der Waals surface area contributed by atoms with E-state index in [0.717, 1.165) is 6.20 Å². The molecular weight excluding hydrogens is 393 g/mol. The molecule has 12 heteroatoms. The summed E-state index contributed by atoms with van der Waals surface area (Å²) in [6.45, 7) is 0. The van der Waals surface area contributed by atoms with Crippen LogP contribution in [-0.2, 0) is 6.18 Å². The molecule has 0 saturated carbocycles. The maximum Gasteiger partial charge on any atom is 0.434 e. The number of carbonyl (C=O) groups excluding carboxylic acids is 1. The van der Waals surface area contributed by atoms with Crippen molar-refractivity contribution in [3.05, 3.63) is 46.7 Å². The molecule has 0 atom stereocenters. The number of nitrogens with zero attached hydrogens (tertiary/aromatic N) is 4. The Labute approximate surface area is 153 Å². The zero-order chi connectivity index (χ0) is 18.9. The van der Waals surface area contributed by atoms with Crippen molar-refractivity contribution < 1.29 is 18.0 Å². The SMILES string of the molecule is CSc1n[nH]c(NC(=O)c2cnn(-c3ccc(Cl)cc3)c2C(F)(F)F)n1. The highest BCUT2D eigenvalue weighted by Gasteiger charge is 2.40. The summed E-state index contributed by atoms with van der Waals surface area (Å²) in [6, 6.07) is 5.59. The molecule has 0 fully saturated rings. The smallest absolute Gasteiger partial charge is 0.291 e. The van der Waals surface area contributed by atoms with Crippen LogP contribution < -0.4 is 5.32 Å². The van der Waals surface area contributed by atoms with Crippen molar-refractivity contribution in [1.82, 2.24) is 25.0 Å². The highest BCUT2D eigenvalue weighted by molar-refractivity contribution is 7.98. The Hall–Kier alpha value is -2.53. The first-order chi connectivity index (χ1) is 12.3. The first-order valence-electron chi connectivity index (χ1n) is 6.98. The number of halogens is 4. The number of amides is 1. The maximum atomic E-state index is 13.6. The third-order valence-electron chi connectivity index (χ3n) is 3.23. The summed E-state index contributed by atoms with van der Waals surface area (Å²) in [4.78, 5) is 16.2. The van der Waals surface area contributed by atoms with Gasteiger partial charge in [0.2, 0.25) is 11.1 Å². The van der Waals surface area contributed by atoms with E-state index in [4.69, 9.17) is 11.6 Å². The Morgan fingerprint density at radius 3 is 2.58 bits per heavy atom. The van der Waals surface area contributed by atoms with Crippen LogP contribution in [0, 0.1) is 0 Å². The van der Waals surface area contributed by atoms with Gasteiger partial charge < -0.3 is 0 Å². The normalized spacial score (nSPS) is 11.6. The monoisotopic (exact) mass is 402 g/mol. The zero-order valence-electron chi connectivity index (χ0n) is 13.0. The predicted molar refractivity (Wildman–Crippen MR) is 89.7 cm³/mol. The molecule has 1 aromatic carbocycles. The van der Waals surface area contributed by atoms with Crippen molar-refractivity contribution in [1.29, 1.82) is 0 Å². The van der Waals surface area contributed by atoms with E-state index in [1.54, 1.807) is 6.26 Å². The fourth-order valence-corrected chi connectivity index (χ4v) is 2.58. The van der Waals surface area contributed by atoms with Gasteiger partial charge in [-0.2, -0.15) is 23.3 Å². The largest absolute Gasteiger partial charge is 0.434 e. The van der Waals surface area contributed by atoms with Crippen molar-refractivity contribution in [3.63, 3.8) is 0 Å². The quantitative estimate of drug-likeness (QED) is 0.650. The summed E-state index contributed by atoms with van der Waals surface area (Å²) in [5, 5.41) is 12.9. The van der Waals surface area contributed by atoms with E-state index in [2.05, 4.69) is 25.6 Å². The van der Waals surface area contributed by atoms with Gasteiger partial charge in [0.05, 0.1) is 17.4 Å². The number of hydrogen-bond donors (Lipinski definition) is 2. The Morgan fingerprint density at radius 2 is 2.00 bits per heavy atom. The van der Waals surface area contributed by atoms with Gasteiger partial charge in [0.25, 0.3) is 5.91 Å². The van der Waals surface area contributed by atoms with Gasteiger partial charge in [-0.3, -0.25) is 10.1 Å². The topological polar surface area (TPSA) is 88.5 Å². The molecule has 0 aliphatic heterocycles. The molecule has 7 nitrogen and oxygen atoms in total. The summed E-state index contributed by atoms with van der Waals surface area (Å²) in [6.07, 6.45) is -2.25. The minimum atomic E-state index is -4.81. The molecule has 1 amide bonds. The van der Waals surface area contributed by atoms with Crippen molar-refractivity contribution in [3.8, 4) is 5.69 Å². The standard InChI is InChI=1S/C14H10ClF3N6OS/c1-26-13-21-12(22-23-13)20-11(25)9-6-19-24(10(9)14(16,17)18)8-4-2-7(15)3-5-8/h2-6H,1H3,(H2,20,21,22,23,25). The summed E-state index contributed by atoms with van der Waals surface area (Å²) < 4.78 is 41.3. The van der Waals surface area contributed by atoms with Crippen LogP contribution >= 0.6 is 23.4 Å². The number of nitrogens with one attached hydrogen (secondary N) is 2. The van der Waals surface area contributed by atoms with E-state index in [1.807, 2.05) is 0 Å². The van der Waals surface area contributed by atoms with Crippen LogP contribution in [0.25, 0.3) is 5.69 Å². The molecule has 136 valence electrons. The number of alkyl halides is 3. The van der Waals surface area contributed by atoms with Crippen molar-refractivity contribution in [2.75, 3.05) is 11.6 Å². The van der Waals surface area contributed by atoms with Crippen LogP contribution in [0.1, 0.15) is 16.1 Å². The Kier molecular flexibility index (Phi) is 4.92. The second kappa shape index (κ2) is 7.00. The first kappa shape index (κ1) is 18.3. The maximum absolute atomic E-state index is 13.6. The average molecular weight is 403 g/mol. The average Bonchev–Trinajstić information content (AvgIpc) is 3.21. The Bertz CT molecular complexity index is 937. The molecule has 0 aliphatic rings. The molecule has 26 heavy (non-hydrogen) atoms. The van der Waals surface area contributed by atoms with Crippen LogP contribution in [0.5, 0.6) is 0 Å². The van der Waals surface area contributed by atoms with Gasteiger partial charge >= 0.3 is 6.18 Å². The molecule has 0 saturated heterocycles. The summed E-state index contributed by atoms with van der Waals surface area (Å²) in [5.41, 5.74) is -1.73. The second-order valence-electron chi connectivity index (χ2n) is 4.92. The third kappa shape index (κ3) is 3.68. The number of thioether (sulfide) groups is 1. The van der Waals surface area contributed by atoms with E-state index in [9.17, 15) is 18.0 Å². The van der Waals surface area contributed by atoms with Crippen LogP contribution in [0.3, 0.4) is 0 Å². The number of benzene rings is 1. The number of anilines is 1. The number of hydrogen-bond acceptors (Lipinski definition) is 5. The van der Waals surface area contributed by atoms with Crippen LogP contribution in [0.2, 0.25) is 5.02 Å². The van der Waals surface area contributed by atoms with Gasteiger partial charge in [-0.05, 0) is 30.5 Å². The first-order valence-corrected chi connectivity index (χ1v) is 8.59. The molecule has 0 spiro atoms. The molecular formula is C14H10ClF3N6OS. The summed E-state index contributed by atoms with van der Waals surface area (Å²) in [7, 11) is 0.